The first-order valence-corrected chi connectivity index (χ1v) is 6.83. The second kappa shape index (κ2) is 8.08. The molecule has 0 aliphatic rings. The first-order chi connectivity index (χ1) is 7.34. The van der Waals surface area contributed by atoms with E-state index in [2.05, 4.69) is 58.7 Å². The van der Waals surface area contributed by atoms with Gasteiger partial charge in [0.25, 0.3) is 0 Å². The predicted octanol–water partition coefficient (Wildman–Crippen LogP) is 3.13. The van der Waals surface area contributed by atoms with Gasteiger partial charge in [0.05, 0.1) is 0 Å². The Morgan fingerprint density at radius 2 is 1.50 bits per heavy atom. The Labute approximate surface area is 103 Å². The summed E-state index contributed by atoms with van der Waals surface area (Å²) in [5, 5.41) is 3.50. The lowest BCUT2D eigenvalue weighted by atomic mass is 10.1. The van der Waals surface area contributed by atoms with Crippen molar-refractivity contribution < 1.29 is 0 Å². The molecule has 0 spiro atoms. The van der Waals surface area contributed by atoms with Gasteiger partial charge in [0.1, 0.15) is 0 Å². The third-order valence-electron chi connectivity index (χ3n) is 2.92. The van der Waals surface area contributed by atoms with Crippen molar-refractivity contribution in [1.82, 2.24) is 10.2 Å². The standard InChI is InChI=1S/C14H32N2/c1-11(2)10-16(13(5)6)14(7)8-9-15-12(3)4/h11-15H,8-10H2,1-7H3. The summed E-state index contributed by atoms with van der Waals surface area (Å²) < 4.78 is 0. The van der Waals surface area contributed by atoms with Crippen molar-refractivity contribution in [2.24, 2.45) is 5.92 Å². The van der Waals surface area contributed by atoms with Gasteiger partial charge >= 0.3 is 0 Å². The van der Waals surface area contributed by atoms with Gasteiger partial charge in [-0.15, -0.1) is 0 Å². The first kappa shape index (κ1) is 15.9. The molecule has 16 heavy (non-hydrogen) atoms. The van der Waals surface area contributed by atoms with E-state index < -0.39 is 0 Å². The Morgan fingerprint density at radius 3 is 1.88 bits per heavy atom. The van der Waals surface area contributed by atoms with E-state index in [1.165, 1.54) is 13.0 Å². The third kappa shape index (κ3) is 7.24. The van der Waals surface area contributed by atoms with E-state index in [9.17, 15) is 0 Å². The highest BCUT2D eigenvalue weighted by molar-refractivity contribution is 4.73. The van der Waals surface area contributed by atoms with E-state index in [1.807, 2.05) is 0 Å². The zero-order valence-corrected chi connectivity index (χ0v) is 12.4. The number of hydrogen-bond donors (Lipinski definition) is 1. The predicted molar refractivity (Wildman–Crippen MR) is 73.9 cm³/mol. The minimum atomic E-state index is 0.602. The second-order valence-electron chi connectivity index (χ2n) is 5.93. The van der Waals surface area contributed by atoms with Gasteiger partial charge in [-0.2, -0.15) is 0 Å². The van der Waals surface area contributed by atoms with E-state index in [0.717, 1.165) is 12.5 Å². The van der Waals surface area contributed by atoms with Crippen LogP contribution < -0.4 is 5.32 Å². The van der Waals surface area contributed by atoms with Gasteiger partial charge in [-0.05, 0) is 39.7 Å². The maximum absolute atomic E-state index is 3.50. The molecule has 0 saturated heterocycles. The molecular weight excluding hydrogens is 196 g/mol. The summed E-state index contributed by atoms with van der Waals surface area (Å²) in [6.45, 7) is 18.3. The Hall–Kier alpha value is -0.0800. The van der Waals surface area contributed by atoms with Crippen LogP contribution in [-0.4, -0.2) is 36.1 Å². The van der Waals surface area contributed by atoms with Crippen LogP contribution in [-0.2, 0) is 0 Å². The molecule has 0 fully saturated rings. The zero-order valence-electron chi connectivity index (χ0n) is 12.4. The minimum absolute atomic E-state index is 0.602. The molecule has 0 aromatic carbocycles. The van der Waals surface area contributed by atoms with Gasteiger partial charge in [0.2, 0.25) is 0 Å². The molecule has 0 heterocycles. The van der Waals surface area contributed by atoms with Gasteiger partial charge in [0.15, 0.2) is 0 Å². The van der Waals surface area contributed by atoms with Gasteiger partial charge < -0.3 is 5.32 Å². The monoisotopic (exact) mass is 228 g/mol. The summed E-state index contributed by atoms with van der Waals surface area (Å²) in [5.41, 5.74) is 0. The number of hydrogen-bond acceptors (Lipinski definition) is 2. The first-order valence-electron chi connectivity index (χ1n) is 6.83. The van der Waals surface area contributed by atoms with Crippen molar-refractivity contribution in [3.8, 4) is 0 Å². The zero-order chi connectivity index (χ0) is 12.7. The molecule has 0 bridgehead atoms. The van der Waals surface area contributed by atoms with E-state index in [-0.39, 0.29) is 0 Å². The number of nitrogens with zero attached hydrogens (tertiary/aromatic N) is 1. The fourth-order valence-corrected chi connectivity index (χ4v) is 2.07. The normalized spacial score (nSPS) is 14.4. The molecule has 0 rings (SSSR count). The quantitative estimate of drug-likeness (QED) is 0.686. The van der Waals surface area contributed by atoms with Crippen molar-refractivity contribution in [1.29, 1.82) is 0 Å². The number of nitrogens with one attached hydrogen (secondary N) is 1. The molecule has 0 aromatic heterocycles. The molecule has 1 N–H and O–H groups in total. The van der Waals surface area contributed by atoms with E-state index in [0.29, 0.717) is 18.1 Å². The summed E-state index contributed by atoms with van der Waals surface area (Å²) in [7, 11) is 0. The van der Waals surface area contributed by atoms with Crippen LogP contribution in [0.2, 0.25) is 0 Å². The Kier molecular flexibility index (Phi) is 8.04. The van der Waals surface area contributed by atoms with Crippen LogP contribution in [0.5, 0.6) is 0 Å². The molecular formula is C14H32N2. The maximum Gasteiger partial charge on any atom is 0.00818 e. The lowest BCUT2D eigenvalue weighted by Gasteiger charge is -2.34. The van der Waals surface area contributed by atoms with Crippen LogP contribution in [0.3, 0.4) is 0 Å². The molecule has 2 heteroatoms. The average molecular weight is 228 g/mol. The van der Waals surface area contributed by atoms with Crippen molar-refractivity contribution in [3.05, 3.63) is 0 Å². The van der Waals surface area contributed by atoms with Crippen molar-refractivity contribution >= 4 is 0 Å². The van der Waals surface area contributed by atoms with Crippen LogP contribution in [0.25, 0.3) is 0 Å². The SMILES string of the molecule is CC(C)CN(C(C)C)C(C)CCNC(C)C. The molecule has 0 aliphatic carbocycles. The summed E-state index contributed by atoms with van der Waals surface area (Å²) in [6.07, 6.45) is 1.24. The fourth-order valence-electron chi connectivity index (χ4n) is 2.07. The molecule has 0 aromatic rings. The van der Waals surface area contributed by atoms with Crippen molar-refractivity contribution in [3.63, 3.8) is 0 Å². The molecule has 0 radical (unpaired) electrons. The largest absolute Gasteiger partial charge is 0.314 e. The van der Waals surface area contributed by atoms with Crippen LogP contribution in [0.15, 0.2) is 0 Å². The summed E-state index contributed by atoms with van der Waals surface area (Å²) >= 11 is 0. The van der Waals surface area contributed by atoms with Gasteiger partial charge in [-0.3, -0.25) is 4.90 Å². The highest BCUT2D eigenvalue weighted by Gasteiger charge is 2.17. The van der Waals surface area contributed by atoms with E-state index >= 15 is 0 Å². The highest BCUT2D eigenvalue weighted by Crippen LogP contribution is 2.11. The Morgan fingerprint density at radius 1 is 0.938 bits per heavy atom. The Balaban J connectivity index is 4.01. The number of rotatable bonds is 8. The lowest BCUT2D eigenvalue weighted by Crippen LogP contribution is -2.42. The van der Waals surface area contributed by atoms with Crippen LogP contribution in [0.4, 0.5) is 0 Å². The molecule has 0 aliphatic heterocycles. The van der Waals surface area contributed by atoms with E-state index in [1.54, 1.807) is 0 Å². The van der Waals surface area contributed by atoms with E-state index in [4.69, 9.17) is 0 Å². The van der Waals surface area contributed by atoms with Crippen LogP contribution >= 0.6 is 0 Å². The highest BCUT2D eigenvalue weighted by atomic mass is 15.2. The maximum atomic E-state index is 3.50. The molecule has 1 unspecified atom stereocenters. The molecule has 98 valence electrons. The van der Waals surface area contributed by atoms with Gasteiger partial charge in [-0.25, -0.2) is 0 Å². The molecule has 2 nitrogen and oxygen atoms in total. The lowest BCUT2D eigenvalue weighted by molar-refractivity contribution is 0.137. The second-order valence-corrected chi connectivity index (χ2v) is 5.93. The average Bonchev–Trinajstić information content (AvgIpc) is 2.12. The van der Waals surface area contributed by atoms with Crippen LogP contribution in [0, 0.1) is 5.92 Å². The van der Waals surface area contributed by atoms with Crippen LogP contribution in [0.1, 0.15) is 54.9 Å². The summed E-state index contributed by atoms with van der Waals surface area (Å²) in [4.78, 5) is 2.62. The molecule has 0 saturated carbocycles. The Bertz CT molecular complexity index is 164. The summed E-state index contributed by atoms with van der Waals surface area (Å²) in [5.74, 6) is 0.753. The molecule has 1 atom stereocenters. The topological polar surface area (TPSA) is 15.3 Å². The van der Waals surface area contributed by atoms with Gasteiger partial charge in [0, 0.05) is 24.7 Å². The van der Waals surface area contributed by atoms with Gasteiger partial charge in [-0.1, -0.05) is 27.7 Å². The van der Waals surface area contributed by atoms with Crippen molar-refractivity contribution in [2.75, 3.05) is 13.1 Å². The molecule has 0 amide bonds. The minimum Gasteiger partial charge on any atom is -0.314 e. The van der Waals surface area contributed by atoms with Crippen molar-refractivity contribution in [2.45, 2.75) is 73.0 Å². The smallest absolute Gasteiger partial charge is 0.00818 e. The fraction of sp³-hybridized carbons (Fsp3) is 1.00. The summed E-state index contributed by atoms with van der Waals surface area (Å²) in [6, 6.07) is 1.93. The third-order valence-corrected chi connectivity index (χ3v) is 2.92.